The highest BCUT2D eigenvalue weighted by molar-refractivity contribution is 5.83. The topological polar surface area (TPSA) is 111 Å². The van der Waals surface area contributed by atoms with Gasteiger partial charge in [0.15, 0.2) is 5.82 Å². The Bertz CT molecular complexity index is 735. The summed E-state index contributed by atoms with van der Waals surface area (Å²) in [5.74, 6) is -0.800. The van der Waals surface area contributed by atoms with Gasteiger partial charge in [0.2, 0.25) is 5.91 Å². The summed E-state index contributed by atoms with van der Waals surface area (Å²) in [7, 11) is 0. The summed E-state index contributed by atoms with van der Waals surface area (Å²) in [6.45, 7) is 1.06. The third-order valence-corrected chi connectivity index (χ3v) is 4.64. The lowest BCUT2D eigenvalue weighted by Gasteiger charge is -2.23. The molecule has 3 atom stereocenters. The number of amides is 1. The quantitative estimate of drug-likeness (QED) is 0.629. The number of nitro benzene ring substituents is 1. The van der Waals surface area contributed by atoms with Gasteiger partial charge in [-0.1, -0.05) is 0 Å². The molecule has 9 heteroatoms. The van der Waals surface area contributed by atoms with E-state index < -0.39 is 16.8 Å². The van der Waals surface area contributed by atoms with Crippen LogP contribution in [0.15, 0.2) is 18.2 Å². The van der Waals surface area contributed by atoms with Crippen molar-refractivity contribution < 1.29 is 14.1 Å². The summed E-state index contributed by atoms with van der Waals surface area (Å²) >= 11 is 0. The number of nitrogens with one attached hydrogen (secondary N) is 2. The van der Waals surface area contributed by atoms with Crippen molar-refractivity contribution in [2.24, 2.45) is 0 Å². The Labute approximate surface area is 143 Å². The zero-order valence-electron chi connectivity index (χ0n) is 13.4. The van der Waals surface area contributed by atoms with E-state index in [1.54, 1.807) is 4.90 Å². The number of hydrogen-bond acceptors (Lipinski definition) is 6. The first-order valence-electron chi connectivity index (χ1n) is 8.13. The number of non-ortho nitro benzene ring substituents is 1. The van der Waals surface area contributed by atoms with E-state index in [2.05, 4.69) is 16.7 Å². The fourth-order valence-electron chi connectivity index (χ4n) is 3.35. The minimum Gasteiger partial charge on any atom is -0.379 e. The summed E-state index contributed by atoms with van der Waals surface area (Å²) in [5, 5.41) is 25.8. The number of anilines is 1. The molecule has 25 heavy (non-hydrogen) atoms. The molecule has 2 aliphatic heterocycles. The Balaban J connectivity index is 1.61. The number of nitriles is 1. The maximum absolute atomic E-state index is 14.0. The SMILES string of the molecule is N#CC1CCCN1C(=O)[C@@H]1C[C@H](Nc2ccc([N+](=O)[O-])cc2F)CN1. The lowest BCUT2D eigenvalue weighted by Crippen LogP contribution is -2.45. The molecule has 2 aliphatic rings. The molecule has 0 aromatic heterocycles. The molecule has 0 bridgehead atoms. The monoisotopic (exact) mass is 347 g/mol. The van der Waals surface area contributed by atoms with Crippen LogP contribution in [0.25, 0.3) is 0 Å². The lowest BCUT2D eigenvalue weighted by molar-refractivity contribution is -0.385. The van der Waals surface area contributed by atoms with Gasteiger partial charge in [-0.3, -0.25) is 14.9 Å². The van der Waals surface area contributed by atoms with Gasteiger partial charge in [-0.05, 0) is 25.3 Å². The molecule has 1 aromatic rings. The highest BCUT2D eigenvalue weighted by Gasteiger charge is 2.37. The smallest absolute Gasteiger partial charge is 0.272 e. The molecule has 1 aromatic carbocycles. The Kier molecular flexibility index (Phi) is 4.81. The van der Waals surface area contributed by atoms with Gasteiger partial charge in [-0.15, -0.1) is 0 Å². The highest BCUT2D eigenvalue weighted by atomic mass is 19.1. The third-order valence-electron chi connectivity index (χ3n) is 4.64. The van der Waals surface area contributed by atoms with Crippen LogP contribution in [0.4, 0.5) is 15.8 Å². The normalized spacial score (nSPS) is 25.6. The largest absolute Gasteiger partial charge is 0.379 e. The average molecular weight is 347 g/mol. The summed E-state index contributed by atoms with van der Waals surface area (Å²) in [6.07, 6.45) is 1.99. The first-order valence-corrected chi connectivity index (χ1v) is 8.13. The van der Waals surface area contributed by atoms with Crippen LogP contribution in [0.2, 0.25) is 0 Å². The van der Waals surface area contributed by atoms with Crippen molar-refractivity contribution in [1.29, 1.82) is 5.26 Å². The predicted molar refractivity (Wildman–Crippen MR) is 87.2 cm³/mol. The summed E-state index contributed by atoms with van der Waals surface area (Å²) in [6, 6.07) is 4.63. The average Bonchev–Trinajstić information content (AvgIpc) is 3.24. The van der Waals surface area contributed by atoms with Crippen molar-refractivity contribution in [3.63, 3.8) is 0 Å². The molecule has 0 spiro atoms. The number of nitrogens with zero attached hydrogens (tertiary/aromatic N) is 3. The molecule has 0 aliphatic carbocycles. The van der Waals surface area contributed by atoms with Crippen molar-refractivity contribution in [1.82, 2.24) is 10.2 Å². The number of carbonyl (C=O) groups excluding carboxylic acids is 1. The van der Waals surface area contributed by atoms with Crippen LogP contribution < -0.4 is 10.6 Å². The number of likely N-dealkylation sites (tertiary alicyclic amines) is 1. The van der Waals surface area contributed by atoms with Crippen LogP contribution in [0.1, 0.15) is 19.3 Å². The third kappa shape index (κ3) is 3.53. The fourth-order valence-corrected chi connectivity index (χ4v) is 3.35. The number of nitro groups is 1. The predicted octanol–water partition coefficient (Wildman–Crippen LogP) is 1.39. The summed E-state index contributed by atoms with van der Waals surface area (Å²) in [5.41, 5.74) is -0.140. The molecule has 2 saturated heterocycles. The Hall–Kier alpha value is -2.73. The molecule has 1 amide bonds. The van der Waals surface area contributed by atoms with E-state index in [0.717, 1.165) is 12.5 Å². The van der Waals surface area contributed by atoms with Gasteiger partial charge in [0.05, 0.1) is 28.8 Å². The maximum Gasteiger partial charge on any atom is 0.272 e. The molecule has 132 valence electrons. The van der Waals surface area contributed by atoms with E-state index >= 15 is 0 Å². The molecule has 0 saturated carbocycles. The van der Waals surface area contributed by atoms with E-state index in [1.807, 2.05) is 0 Å². The minimum absolute atomic E-state index is 0.0995. The van der Waals surface area contributed by atoms with Crippen LogP contribution in [0.3, 0.4) is 0 Å². The van der Waals surface area contributed by atoms with Crippen LogP contribution >= 0.6 is 0 Å². The van der Waals surface area contributed by atoms with Crippen molar-refractivity contribution in [3.8, 4) is 6.07 Å². The van der Waals surface area contributed by atoms with Crippen LogP contribution in [-0.4, -0.2) is 46.9 Å². The van der Waals surface area contributed by atoms with Gasteiger partial charge >= 0.3 is 0 Å². The van der Waals surface area contributed by atoms with Crippen LogP contribution in [0, 0.1) is 27.3 Å². The van der Waals surface area contributed by atoms with Gasteiger partial charge in [0.25, 0.3) is 5.69 Å². The van der Waals surface area contributed by atoms with E-state index in [4.69, 9.17) is 5.26 Å². The van der Waals surface area contributed by atoms with E-state index in [0.29, 0.717) is 25.9 Å². The zero-order chi connectivity index (χ0) is 18.0. The number of hydrogen-bond donors (Lipinski definition) is 2. The van der Waals surface area contributed by atoms with Crippen LogP contribution in [0.5, 0.6) is 0 Å². The number of rotatable bonds is 4. The molecule has 0 radical (unpaired) electrons. The number of carbonyl (C=O) groups is 1. The van der Waals surface area contributed by atoms with Crippen molar-refractivity contribution in [2.45, 2.75) is 37.4 Å². The Morgan fingerprint density at radius 3 is 3.00 bits per heavy atom. The van der Waals surface area contributed by atoms with Gasteiger partial charge < -0.3 is 15.5 Å². The summed E-state index contributed by atoms with van der Waals surface area (Å²) < 4.78 is 14.0. The first kappa shape index (κ1) is 17.1. The molecule has 8 nitrogen and oxygen atoms in total. The summed E-state index contributed by atoms with van der Waals surface area (Å²) in [4.78, 5) is 24.1. The lowest BCUT2D eigenvalue weighted by atomic mass is 10.1. The molecule has 2 fully saturated rings. The van der Waals surface area contributed by atoms with Crippen molar-refractivity contribution >= 4 is 17.3 Å². The van der Waals surface area contributed by atoms with E-state index in [9.17, 15) is 19.3 Å². The minimum atomic E-state index is -0.701. The number of benzene rings is 1. The van der Waals surface area contributed by atoms with E-state index in [1.165, 1.54) is 12.1 Å². The molecule has 1 unspecified atom stereocenters. The van der Waals surface area contributed by atoms with Gasteiger partial charge in [-0.25, -0.2) is 4.39 Å². The molecule has 2 heterocycles. The second-order valence-electron chi connectivity index (χ2n) is 6.28. The highest BCUT2D eigenvalue weighted by Crippen LogP contribution is 2.24. The molecular formula is C16H18FN5O3. The molecular weight excluding hydrogens is 329 g/mol. The second-order valence-corrected chi connectivity index (χ2v) is 6.28. The van der Waals surface area contributed by atoms with Gasteiger partial charge in [0.1, 0.15) is 6.04 Å². The Morgan fingerprint density at radius 1 is 1.52 bits per heavy atom. The first-order chi connectivity index (χ1) is 12.0. The maximum atomic E-state index is 14.0. The number of halogens is 1. The van der Waals surface area contributed by atoms with Crippen molar-refractivity contribution in [2.75, 3.05) is 18.4 Å². The Morgan fingerprint density at radius 2 is 2.32 bits per heavy atom. The van der Waals surface area contributed by atoms with Gasteiger partial charge in [0, 0.05) is 25.2 Å². The van der Waals surface area contributed by atoms with Crippen LogP contribution in [-0.2, 0) is 4.79 Å². The fraction of sp³-hybridized carbons (Fsp3) is 0.500. The van der Waals surface area contributed by atoms with E-state index in [-0.39, 0.29) is 29.4 Å². The molecule has 3 rings (SSSR count). The van der Waals surface area contributed by atoms with Gasteiger partial charge in [-0.2, -0.15) is 5.26 Å². The van der Waals surface area contributed by atoms with Crippen molar-refractivity contribution in [3.05, 3.63) is 34.1 Å². The standard InChI is InChI=1S/C16H18FN5O3/c17-13-7-11(22(24)25)3-4-14(13)20-10-6-15(19-9-10)16(23)21-5-1-2-12(21)8-18/h3-4,7,10,12,15,19-20H,1-2,5-6,9H2/t10-,12?,15-/m0/s1. The second kappa shape index (κ2) is 7.03. The zero-order valence-corrected chi connectivity index (χ0v) is 13.4. The molecule has 2 N–H and O–H groups in total.